The van der Waals surface area contributed by atoms with E-state index in [1.54, 1.807) is 18.2 Å². The van der Waals surface area contributed by atoms with Gasteiger partial charge in [-0.15, -0.1) is 0 Å². The predicted molar refractivity (Wildman–Crippen MR) is 94.5 cm³/mol. The summed E-state index contributed by atoms with van der Waals surface area (Å²) in [5.41, 5.74) is 2.99. The van der Waals surface area contributed by atoms with Crippen molar-refractivity contribution in [3.63, 3.8) is 0 Å². The molecule has 0 spiro atoms. The van der Waals surface area contributed by atoms with Crippen LogP contribution in [0.2, 0.25) is 0 Å². The summed E-state index contributed by atoms with van der Waals surface area (Å²) < 4.78 is 4.79. The zero-order valence-electron chi connectivity index (χ0n) is 14.4. The van der Waals surface area contributed by atoms with Gasteiger partial charge in [-0.05, 0) is 36.8 Å². The summed E-state index contributed by atoms with van der Waals surface area (Å²) >= 11 is 0. The van der Waals surface area contributed by atoms with Crippen molar-refractivity contribution >= 4 is 23.3 Å². The van der Waals surface area contributed by atoms with E-state index in [2.05, 4.69) is 15.6 Å². The predicted octanol–water partition coefficient (Wildman–Crippen LogP) is 1.85. The Hall–Kier alpha value is -2.93. The molecule has 2 amide bonds. The van der Waals surface area contributed by atoms with Crippen LogP contribution >= 0.6 is 0 Å². The molecule has 1 aromatic heterocycles. The fourth-order valence-corrected chi connectivity index (χ4v) is 2.79. The van der Waals surface area contributed by atoms with Crippen LogP contribution in [0.15, 0.2) is 36.4 Å². The molecule has 25 heavy (non-hydrogen) atoms. The molecule has 1 atom stereocenters. The smallest absolute Gasteiger partial charge is 0.256 e. The van der Waals surface area contributed by atoms with Crippen molar-refractivity contribution in [2.24, 2.45) is 0 Å². The number of nitrogens with one attached hydrogen (secondary N) is 2. The highest BCUT2D eigenvalue weighted by atomic mass is 16.5. The first-order valence-electron chi connectivity index (χ1n) is 7.89. The van der Waals surface area contributed by atoms with Crippen molar-refractivity contribution in [2.75, 3.05) is 31.0 Å². The van der Waals surface area contributed by atoms with Gasteiger partial charge in [-0.1, -0.05) is 12.1 Å². The summed E-state index contributed by atoms with van der Waals surface area (Å²) in [6, 6.07) is 10.9. The SMILES string of the molecule is COCC(=O)Nc1ccc([C@@H]2NC(=O)c3ccc(C)nc3N2C)cc1. The lowest BCUT2D eigenvalue weighted by Gasteiger charge is -2.35. The molecular formula is C18H20N4O3. The zero-order chi connectivity index (χ0) is 18.0. The highest BCUT2D eigenvalue weighted by molar-refractivity contribution is 6.01. The quantitative estimate of drug-likeness (QED) is 0.887. The number of aryl methyl sites for hydroxylation is 1. The Morgan fingerprint density at radius 3 is 2.68 bits per heavy atom. The van der Waals surface area contributed by atoms with Crippen molar-refractivity contribution in [1.29, 1.82) is 0 Å². The summed E-state index contributed by atoms with van der Waals surface area (Å²) in [6.07, 6.45) is -0.321. The number of fused-ring (bicyclic) bond motifs is 1. The number of ether oxygens (including phenoxy) is 1. The van der Waals surface area contributed by atoms with E-state index in [1.807, 2.05) is 37.1 Å². The first kappa shape index (κ1) is 16.9. The number of nitrogens with zero attached hydrogens (tertiary/aromatic N) is 2. The summed E-state index contributed by atoms with van der Waals surface area (Å²) in [6.45, 7) is 1.90. The average Bonchev–Trinajstić information content (AvgIpc) is 2.59. The van der Waals surface area contributed by atoms with E-state index in [-0.39, 0.29) is 24.6 Å². The molecule has 0 saturated heterocycles. The van der Waals surface area contributed by atoms with Crippen LogP contribution in [-0.4, -0.2) is 37.6 Å². The molecule has 0 fully saturated rings. The lowest BCUT2D eigenvalue weighted by atomic mass is 10.1. The van der Waals surface area contributed by atoms with Crippen molar-refractivity contribution in [2.45, 2.75) is 13.1 Å². The standard InChI is InChI=1S/C18H20N4O3/c1-11-4-9-14-17(19-11)22(2)16(21-18(14)24)12-5-7-13(8-6-12)20-15(23)10-25-3/h4-9,16H,10H2,1-3H3,(H,20,23)(H,21,24)/t16-/m1/s1. The van der Waals surface area contributed by atoms with Crippen molar-refractivity contribution in [1.82, 2.24) is 10.3 Å². The number of anilines is 2. The van der Waals surface area contributed by atoms with Crippen molar-refractivity contribution in [3.8, 4) is 0 Å². The number of carbonyl (C=O) groups excluding carboxylic acids is 2. The number of pyridine rings is 1. The minimum Gasteiger partial charge on any atom is -0.375 e. The van der Waals surface area contributed by atoms with E-state index in [9.17, 15) is 9.59 Å². The molecule has 7 heteroatoms. The van der Waals surface area contributed by atoms with Crippen LogP contribution in [-0.2, 0) is 9.53 Å². The molecular weight excluding hydrogens is 320 g/mol. The minimum atomic E-state index is -0.321. The van der Waals surface area contributed by atoms with Gasteiger partial charge in [-0.25, -0.2) is 4.98 Å². The molecule has 0 unspecified atom stereocenters. The van der Waals surface area contributed by atoms with Crippen LogP contribution in [0.25, 0.3) is 0 Å². The Morgan fingerprint density at radius 2 is 2.00 bits per heavy atom. The highest BCUT2D eigenvalue weighted by Crippen LogP contribution is 2.30. The number of methoxy groups -OCH3 is 1. The molecule has 7 nitrogen and oxygen atoms in total. The number of hydrogen-bond donors (Lipinski definition) is 2. The third-order valence-electron chi connectivity index (χ3n) is 4.03. The van der Waals surface area contributed by atoms with E-state index in [0.29, 0.717) is 17.1 Å². The lowest BCUT2D eigenvalue weighted by Crippen LogP contribution is -2.45. The number of rotatable bonds is 4. The van der Waals surface area contributed by atoms with Gasteiger partial charge < -0.3 is 20.3 Å². The monoisotopic (exact) mass is 340 g/mol. The average molecular weight is 340 g/mol. The Bertz CT molecular complexity index is 804. The zero-order valence-corrected chi connectivity index (χ0v) is 14.4. The molecule has 2 aromatic rings. The molecule has 1 aromatic carbocycles. The van der Waals surface area contributed by atoms with Crippen LogP contribution in [0.1, 0.15) is 27.8 Å². The molecule has 0 saturated carbocycles. The van der Waals surface area contributed by atoms with Crippen LogP contribution in [0.3, 0.4) is 0 Å². The Morgan fingerprint density at radius 1 is 1.28 bits per heavy atom. The van der Waals surface area contributed by atoms with E-state index in [1.165, 1.54) is 7.11 Å². The summed E-state index contributed by atoms with van der Waals surface area (Å²) in [5, 5.41) is 5.72. The van der Waals surface area contributed by atoms with Gasteiger partial charge >= 0.3 is 0 Å². The Labute approximate surface area is 146 Å². The van der Waals surface area contributed by atoms with E-state index in [0.717, 1.165) is 11.3 Å². The second-order valence-corrected chi connectivity index (χ2v) is 5.91. The first-order chi connectivity index (χ1) is 12.0. The van der Waals surface area contributed by atoms with Gasteiger partial charge in [0.05, 0.1) is 5.56 Å². The highest BCUT2D eigenvalue weighted by Gasteiger charge is 2.30. The van der Waals surface area contributed by atoms with E-state index >= 15 is 0 Å². The molecule has 3 rings (SSSR count). The number of hydrogen-bond acceptors (Lipinski definition) is 5. The van der Waals surface area contributed by atoms with Gasteiger partial charge in [-0.2, -0.15) is 0 Å². The maximum Gasteiger partial charge on any atom is 0.256 e. The van der Waals surface area contributed by atoms with Crippen molar-refractivity contribution in [3.05, 3.63) is 53.2 Å². The normalized spacial score (nSPS) is 16.2. The van der Waals surface area contributed by atoms with Gasteiger partial charge in [0.1, 0.15) is 18.6 Å². The number of aromatic nitrogens is 1. The second kappa shape index (κ2) is 6.90. The second-order valence-electron chi connectivity index (χ2n) is 5.91. The third kappa shape index (κ3) is 3.46. The van der Waals surface area contributed by atoms with Gasteiger partial charge in [0.15, 0.2) is 0 Å². The van der Waals surface area contributed by atoms with Gasteiger partial charge in [-0.3, -0.25) is 9.59 Å². The van der Waals surface area contributed by atoms with Crippen LogP contribution in [0, 0.1) is 6.92 Å². The molecule has 2 heterocycles. The third-order valence-corrected chi connectivity index (χ3v) is 4.03. The van der Waals surface area contributed by atoms with Crippen molar-refractivity contribution < 1.29 is 14.3 Å². The Balaban J connectivity index is 1.82. The molecule has 1 aliphatic rings. The maximum absolute atomic E-state index is 12.4. The maximum atomic E-state index is 12.4. The largest absolute Gasteiger partial charge is 0.375 e. The number of carbonyl (C=O) groups is 2. The summed E-state index contributed by atoms with van der Waals surface area (Å²) in [5.74, 6) is 0.293. The molecule has 130 valence electrons. The van der Waals surface area contributed by atoms with Crippen LogP contribution < -0.4 is 15.5 Å². The van der Waals surface area contributed by atoms with Gasteiger partial charge in [0.2, 0.25) is 5.91 Å². The minimum absolute atomic E-state index is 0.00494. The molecule has 1 aliphatic heterocycles. The molecule has 2 N–H and O–H groups in total. The van der Waals surface area contributed by atoms with Gasteiger partial charge in [0, 0.05) is 25.5 Å². The fourth-order valence-electron chi connectivity index (χ4n) is 2.79. The van der Waals surface area contributed by atoms with E-state index in [4.69, 9.17) is 4.74 Å². The number of benzene rings is 1. The van der Waals surface area contributed by atoms with E-state index < -0.39 is 0 Å². The summed E-state index contributed by atoms with van der Waals surface area (Å²) in [7, 11) is 3.36. The lowest BCUT2D eigenvalue weighted by molar-refractivity contribution is -0.119. The van der Waals surface area contributed by atoms with Gasteiger partial charge in [0.25, 0.3) is 5.91 Å². The fraction of sp³-hybridized carbons (Fsp3) is 0.278. The molecule has 0 bridgehead atoms. The topological polar surface area (TPSA) is 83.6 Å². The Kier molecular flexibility index (Phi) is 4.67. The first-order valence-corrected chi connectivity index (χ1v) is 7.89. The molecule has 0 aliphatic carbocycles. The van der Waals surface area contributed by atoms with Crippen LogP contribution in [0.5, 0.6) is 0 Å². The summed E-state index contributed by atoms with van der Waals surface area (Å²) in [4.78, 5) is 30.3. The number of amides is 2. The molecule has 0 radical (unpaired) electrons. The van der Waals surface area contributed by atoms with Crippen LogP contribution in [0.4, 0.5) is 11.5 Å².